The standard InChI is InChI=1S/C11H17N3O2S/c1-8-9(7-14-3-5-16-6-4-14)10(15)13-11(12-8)17-2/h3-7H2,1-2H3,(H,12,13,15). The number of aromatic nitrogens is 2. The van der Waals surface area contributed by atoms with Gasteiger partial charge in [-0.3, -0.25) is 9.69 Å². The molecule has 6 heteroatoms. The highest BCUT2D eigenvalue weighted by Crippen LogP contribution is 2.10. The van der Waals surface area contributed by atoms with Crippen molar-refractivity contribution >= 4 is 11.8 Å². The van der Waals surface area contributed by atoms with Gasteiger partial charge in [0.2, 0.25) is 0 Å². The molecule has 0 bridgehead atoms. The molecular formula is C11H17N3O2S. The van der Waals surface area contributed by atoms with Gasteiger partial charge in [0.05, 0.1) is 24.5 Å². The maximum atomic E-state index is 11.9. The molecular weight excluding hydrogens is 238 g/mol. The first-order valence-corrected chi connectivity index (χ1v) is 6.87. The van der Waals surface area contributed by atoms with E-state index in [1.807, 2.05) is 13.2 Å². The Morgan fingerprint density at radius 3 is 2.76 bits per heavy atom. The second-order valence-corrected chi connectivity index (χ2v) is 4.82. The molecule has 0 aliphatic carbocycles. The first kappa shape index (κ1) is 12.6. The second kappa shape index (κ2) is 5.66. The lowest BCUT2D eigenvalue weighted by Crippen LogP contribution is -2.37. The Balaban J connectivity index is 2.17. The normalized spacial score (nSPS) is 17.3. The van der Waals surface area contributed by atoms with Crippen LogP contribution >= 0.6 is 11.8 Å². The van der Waals surface area contributed by atoms with E-state index in [1.54, 1.807) is 0 Å². The summed E-state index contributed by atoms with van der Waals surface area (Å²) in [4.78, 5) is 21.3. The van der Waals surface area contributed by atoms with E-state index in [0.29, 0.717) is 11.7 Å². The summed E-state index contributed by atoms with van der Waals surface area (Å²) in [5.74, 6) is 0. The fourth-order valence-electron chi connectivity index (χ4n) is 1.85. The fourth-order valence-corrected chi connectivity index (χ4v) is 2.27. The van der Waals surface area contributed by atoms with Gasteiger partial charge in [0.15, 0.2) is 5.16 Å². The van der Waals surface area contributed by atoms with Crippen LogP contribution in [0.2, 0.25) is 0 Å². The molecule has 1 fully saturated rings. The molecule has 0 saturated carbocycles. The van der Waals surface area contributed by atoms with Crippen LogP contribution < -0.4 is 5.56 Å². The van der Waals surface area contributed by atoms with E-state index in [4.69, 9.17) is 4.74 Å². The van der Waals surface area contributed by atoms with Gasteiger partial charge in [-0.25, -0.2) is 4.98 Å². The van der Waals surface area contributed by atoms with Crippen molar-refractivity contribution < 1.29 is 4.74 Å². The van der Waals surface area contributed by atoms with Crippen molar-refractivity contribution in [1.82, 2.24) is 14.9 Å². The third-order valence-corrected chi connectivity index (χ3v) is 3.46. The molecule has 1 aromatic rings. The highest BCUT2D eigenvalue weighted by molar-refractivity contribution is 7.98. The van der Waals surface area contributed by atoms with Gasteiger partial charge in [0, 0.05) is 19.6 Å². The number of hydrogen-bond acceptors (Lipinski definition) is 5. The van der Waals surface area contributed by atoms with Gasteiger partial charge < -0.3 is 9.72 Å². The number of H-pyrrole nitrogens is 1. The van der Waals surface area contributed by atoms with E-state index < -0.39 is 0 Å². The van der Waals surface area contributed by atoms with E-state index in [9.17, 15) is 4.79 Å². The zero-order valence-electron chi connectivity index (χ0n) is 10.2. The smallest absolute Gasteiger partial charge is 0.256 e. The van der Waals surface area contributed by atoms with Crippen molar-refractivity contribution in [3.8, 4) is 0 Å². The maximum absolute atomic E-state index is 11.9. The van der Waals surface area contributed by atoms with E-state index in [1.165, 1.54) is 11.8 Å². The first-order chi connectivity index (χ1) is 8.20. The van der Waals surface area contributed by atoms with Crippen LogP contribution in [0.4, 0.5) is 0 Å². The Kier molecular flexibility index (Phi) is 4.20. The molecule has 5 nitrogen and oxygen atoms in total. The number of nitrogens with zero attached hydrogens (tertiary/aromatic N) is 2. The SMILES string of the molecule is CSc1nc(C)c(CN2CCOCC2)c(=O)[nH]1. The molecule has 1 saturated heterocycles. The average Bonchev–Trinajstić information content (AvgIpc) is 2.35. The summed E-state index contributed by atoms with van der Waals surface area (Å²) in [6.45, 7) is 5.80. The molecule has 0 radical (unpaired) electrons. The topological polar surface area (TPSA) is 58.2 Å². The van der Waals surface area contributed by atoms with Gasteiger partial charge in [-0.1, -0.05) is 11.8 Å². The molecule has 1 aliphatic heterocycles. The molecule has 2 heterocycles. The summed E-state index contributed by atoms with van der Waals surface area (Å²) >= 11 is 1.45. The van der Waals surface area contributed by atoms with Crippen LogP contribution in [0.1, 0.15) is 11.3 Å². The van der Waals surface area contributed by atoms with Crippen molar-refractivity contribution in [1.29, 1.82) is 0 Å². The molecule has 0 spiro atoms. The van der Waals surface area contributed by atoms with Crippen molar-refractivity contribution in [2.75, 3.05) is 32.6 Å². The number of thioether (sulfide) groups is 1. The number of ether oxygens (including phenoxy) is 1. The fraction of sp³-hybridized carbons (Fsp3) is 0.636. The van der Waals surface area contributed by atoms with E-state index in [-0.39, 0.29) is 5.56 Å². The number of aryl methyl sites for hydroxylation is 1. The Morgan fingerprint density at radius 2 is 2.18 bits per heavy atom. The molecule has 0 unspecified atom stereocenters. The van der Waals surface area contributed by atoms with Crippen LogP contribution in [0, 0.1) is 6.92 Å². The van der Waals surface area contributed by atoms with Crippen molar-refractivity contribution in [3.05, 3.63) is 21.6 Å². The number of nitrogens with one attached hydrogen (secondary N) is 1. The predicted molar refractivity (Wildman–Crippen MR) is 67.5 cm³/mol. The molecule has 94 valence electrons. The third kappa shape index (κ3) is 3.08. The first-order valence-electron chi connectivity index (χ1n) is 5.64. The monoisotopic (exact) mass is 255 g/mol. The molecule has 0 amide bonds. The Hall–Kier alpha value is -0.850. The lowest BCUT2D eigenvalue weighted by atomic mass is 10.2. The highest BCUT2D eigenvalue weighted by Gasteiger charge is 2.15. The van der Waals surface area contributed by atoms with E-state index in [2.05, 4.69) is 14.9 Å². The maximum Gasteiger partial charge on any atom is 0.256 e. The number of aromatic amines is 1. The highest BCUT2D eigenvalue weighted by atomic mass is 32.2. The lowest BCUT2D eigenvalue weighted by Gasteiger charge is -2.26. The molecule has 2 rings (SSSR count). The largest absolute Gasteiger partial charge is 0.379 e. The van der Waals surface area contributed by atoms with Crippen LogP contribution in [0.15, 0.2) is 9.95 Å². The van der Waals surface area contributed by atoms with Gasteiger partial charge in [0.25, 0.3) is 5.56 Å². The molecule has 17 heavy (non-hydrogen) atoms. The van der Waals surface area contributed by atoms with Gasteiger partial charge in [0.1, 0.15) is 0 Å². The zero-order chi connectivity index (χ0) is 12.3. The summed E-state index contributed by atoms with van der Waals surface area (Å²) in [6.07, 6.45) is 1.90. The van der Waals surface area contributed by atoms with Crippen molar-refractivity contribution in [2.45, 2.75) is 18.6 Å². The number of rotatable bonds is 3. The lowest BCUT2D eigenvalue weighted by molar-refractivity contribution is 0.0338. The Morgan fingerprint density at radius 1 is 1.47 bits per heavy atom. The van der Waals surface area contributed by atoms with E-state index in [0.717, 1.165) is 37.6 Å². The molecule has 1 aliphatic rings. The summed E-state index contributed by atoms with van der Waals surface area (Å²) in [5, 5.41) is 0.679. The number of morpholine rings is 1. The van der Waals surface area contributed by atoms with Gasteiger partial charge in [-0.15, -0.1) is 0 Å². The van der Waals surface area contributed by atoms with Crippen LogP contribution in [-0.4, -0.2) is 47.4 Å². The Bertz CT molecular complexity index is 441. The van der Waals surface area contributed by atoms with Crippen LogP contribution in [-0.2, 0) is 11.3 Å². The zero-order valence-corrected chi connectivity index (χ0v) is 11.0. The quantitative estimate of drug-likeness (QED) is 0.634. The summed E-state index contributed by atoms with van der Waals surface area (Å²) in [5.41, 5.74) is 1.57. The number of hydrogen-bond donors (Lipinski definition) is 1. The molecule has 0 aromatic carbocycles. The van der Waals surface area contributed by atoms with Crippen LogP contribution in [0.3, 0.4) is 0 Å². The third-order valence-electron chi connectivity index (χ3n) is 2.88. The average molecular weight is 255 g/mol. The van der Waals surface area contributed by atoms with Crippen molar-refractivity contribution in [3.63, 3.8) is 0 Å². The summed E-state index contributed by atoms with van der Waals surface area (Å²) < 4.78 is 5.29. The minimum atomic E-state index is -0.0201. The summed E-state index contributed by atoms with van der Waals surface area (Å²) in [6, 6.07) is 0. The minimum absolute atomic E-state index is 0.0201. The van der Waals surface area contributed by atoms with Gasteiger partial charge in [-0.05, 0) is 13.2 Å². The van der Waals surface area contributed by atoms with Gasteiger partial charge in [-0.2, -0.15) is 0 Å². The minimum Gasteiger partial charge on any atom is -0.379 e. The molecule has 1 aromatic heterocycles. The van der Waals surface area contributed by atoms with Gasteiger partial charge >= 0.3 is 0 Å². The van der Waals surface area contributed by atoms with Crippen LogP contribution in [0.5, 0.6) is 0 Å². The predicted octanol–water partition coefficient (Wildman–Crippen LogP) is 0.632. The second-order valence-electron chi connectivity index (χ2n) is 4.03. The van der Waals surface area contributed by atoms with Crippen molar-refractivity contribution in [2.24, 2.45) is 0 Å². The molecule has 0 atom stereocenters. The van der Waals surface area contributed by atoms with E-state index >= 15 is 0 Å². The Labute approximate surface area is 105 Å². The van der Waals surface area contributed by atoms with Crippen LogP contribution in [0.25, 0.3) is 0 Å². The molecule has 1 N–H and O–H groups in total. The summed E-state index contributed by atoms with van der Waals surface area (Å²) in [7, 11) is 0.